The molecule has 0 spiro atoms. The van der Waals surface area contributed by atoms with Crippen molar-refractivity contribution in [3.8, 4) is 0 Å². The molecular weight excluding hydrogens is 337 g/mol. The first-order valence-electron chi connectivity index (χ1n) is 6.36. The first-order chi connectivity index (χ1) is 9.67. The van der Waals surface area contributed by atoms with Crippen LogP contribution < -0.4 is 0 Å². The van der Waals surface area contributed by atoms with E-state index in [1.54, 1.807) is 0 Å². The summed E-state index contributed by atoms with van der Waals surface area (Å²) in [7, 11) is 0. The zero-order valence-corrected chi connectivity index (χ0v) is 13.9. The minimum atomic E-state index is -1.83. The third kappa shape index (κ3) is 4.73. The summed E-state index contributed by atoms with van der Waals surface area (Å²) in [5.74, 6) is -0.947. The van der Waals surface area contributed by atoms with Crippen molar-refractivity contribution in [2.45, 2.75) is 36.1 Å². The summed E-state index contributed by atoms with van der Waals surface area (Å²) in [6.07, 6.45) is -0.0746. The second-order valence-corrected chi connectivity index (χ2v) is 7.46. The van der Waals surface area contributed by atoms with Gasteiger partial charge in [-0.25, -0.2) is 0 Å². The Kier molecular flexibility index (Phi) is 5.06. The van der Waals surface area contributed by atoms with E-state index in [1.165, 1.54) is 0 Å². The van der Waals surface area contributed by atoms with Gasteiger partial charge in [0, 0.05) is 0 Å². The van der Waals surface area contributed by atoms with E-state index in [0.717, 1.165) is 11.1 Å². The zero-order valence-electron chi connectivity index (χ0n) is 11.7. The molecule has 4 nitrogen and oxygen atoms in total. The van der Waals surface area contributed by atoms with Gasteiger partial charge in [-0.1, -0.05) is 59.1 Å². The van der Waals surface area contributed by atoms with Crippen LogP contribution in [0.4, 0.5) is 0 Å². The lowest BCUT2D eigenvalue weighted by molar-refractivity contribution is -0.139. The Labute approximate surface area is 138 Å². The lowest BCUT2D eigenvalue weighted by Gasteiger charge is -2.17. The number of ether oxygens (including phenoxy) is 3. The van der Waals surface area contributed by atoms with Gasteiger partial charge in [0.2, 0.25) is 5.90 Å². The highest BCUT2D eigenvalue weighted by Gasteiger charge is 2.33. The minimum absolute atomic E-state index is 0.0746. The third-order valence-corrected chi connectivity index (χ3v) is 3.52. The molecule has 1 N–H and O–H groups in total. The molecule has 116 valence electrons. The standard InChI is InChI=1S/C14H16Cl3NO3/c1-13(2)20-8-11(21-13)10-5-3-9(4-6-10)7-19-12(18)14(15,16)17/h3-6,11,18H,7-8H2,1-2H3. The van der Waals surface area contributed by atoms with Crippen LogP contribution in [-0.2, 0) is 20.8 Å². The van der Waals surface area contributed by atoms with E-state index >= 15 is 0 Å². The Morgan fingerprint density at radius 3 is 2.43 bits per heavy atom. The van der Waals surface area contributed by atoms with Crippen LogP contribution in [0.25, 0.3) is 0 Å². The van der Waals surface area contributed by atoms with Crippen molar-refractivity contribution in [1.82, 2.24) is 0 Å². The molecule has 2 rings (SSSR count). The first-order valence-corrected chi connectivity index (χ1v) is 7.50. The van der Waals surface area contributed by atoms with Crippen LogP contribution in [0, 0.1) is 5.41 Å². The van der Waals surface area contributed by atoms with Crippen LogP contribution in [0.3, 0.4) is 0 Å². The van der Waals surface area contributed by atoms with E-state index < -0.39 is 15.5 Å². The summed E-state index contributed by atoms with van der Waals surface area (Å²) in [6.45, 7) is 4.47. The molecule has 0 amide bonds. The van der Waals surface area contributed by atoms with Gasteiger partial charge in [-0.15, -0.1) is 0 Å². The largest absolute Gasteiger partial charge is 0.473 e. The summed E-state index contributed by atoms with van der Waals surface area (Å²) in [6, 6.07) is 7.64. The average Bonchev–Trinajstić information content (AvgIpc) is 2.76. The predicted molar refractivity (Wildman–Crippen MR) is 83.1 cm³/mol. The molecule has 1 aliphatic rings. The third-order valence-electron chi connectivity index (χ3n) is 3.00. The fourth-order valence-electron chi connectivity index (χ4n) is 1.92. The zero-order chi connectivity index (χ0) is 15.7. The quantitative estimate of drug-likeness (QED) is 0.499. The maximum absolute atomic E-state index is 7.46. The van der Waals surface area contributed by atoms with Crippen LogP contribution in [0.2, 0.25) is 0 Å². The second-order valence-electron chi connectivity index (χ2n) is 5.17. The van der Waals surface area contributed by atoms with Gasteiger partial charge in [-0.3, -0.25) is 5.41 Å². The van der Waals surface area contributed by atoms with E-state index in [-0.39, 0.29) is 12.7 Å². The highest BCUT2D eigenvalue weighted by molar-refractivity contribution is 6.76. The van der Waals surface area contributed by atoms with Crippen molar-refractivity contribution in [2.75, 3.05) is 6.61 Å². The molecule has 0 bridgehead atoms. The van der Waals surface area contributed by atoms with Gasteiger partial charge in [0.25, 0.3) is 3.79 Å². The molecule has 1 aromatic rings. The van der Waals surface area contributed by atoms with Gasteiger partial charge < -0.3 is 14.2 Å². The number of nitrogens with one attached hydrogen (secondary N) is 1. The number of rotatable bonds is 3. The molecule has 1 atom stereocenters. The Bertz CT molecular complexity index is 511. The molecule has 1 heterocycles. The summed E-state index contributed by atoms with van der Waals surface area (Å²) in [5, 5.41) is 7.46. The Morgan fingerprint density at radius 1 is 1.33 bits per heavy atom. The van der Waals surface area contributed by atoms with Crippen molar-refractivity contribution in [3.63, 3.8) is 0 Å². The fraction of sp³-hybridized carbons (Fsp3) is 0.500. The van der Waals surface area contributed by atoms with E-state index in [0.29, 0.717) is 6.61 Å². The number of halogens is 3. The molecule has 1 unspecified atom stereocenters. The van der Waals surface area contributed by atoms with Crippen molar-refractivity contribution in [1.29, 1.82) is 5.41 Å². The average molecular weight is 353 g/mol. The fourth-order valence-corrected chi connectivity index (χ4v) is 2.08. The summed E-state index contributed by atoms with van der Waals surface area (Å²) < 4.78 is 14.6. The Morgan fingerprint density at radius 2 is 1.95 bits per heavy atom. The van der Waals surface area contributed by atoms with Crippen molar-refractivity contribution >= 4 is 40.7 Å². The monoisotopic (exact) mass is 351 g/mol. The van der Waals surface area contributed by atoms with E-state index in [4.69, 9.17) is 54.4 Å². The predicted octanol–water partition coefficient (Wildman–Crippen LogP) is 4.37. The molecule has 21 heavy (non-hydrogen) atoms. The molecule has 0 radical (unpaired) electrons. The number of benzene rings is 1. The molecule has 0 aliphatic carbocycles. The molecule has 0 saturated carbocycles. The molecule has 1 saturated heterocycles. The highest BCUT2D eigenvalue weighted by Crippen LogP contribution is 2.33. The first kappa shape index (κ1) is 16.8. The SMILES string of the molecule is CC1(C)OCC(c2ccc(COC(=N)C(Cl)(Cl)Cl)cc2)O1. The molecule has 1 aromatic carbocycles. The number of hydrogen-bond donors (Lipinski definition) is 1. The van der Waals surface area contributed by atoms with E-state index in [1.807, 2.05) is 38.1 Å². The molecule has 1 fully saturated rings. The Balaban J connectivity index is 1.92. The van der Waals surface area contributed by atoms with Crippen LogP contribution in [0.1, 0.15) is 31.1 Å². The molecule has 1 aliphatic heterocycles. The van der Waals surface area contributed by atoms with Gasteiger partial charge >= 0.3 is 0 Å². The maximum atomic E-state index is 7.46. The van der Waals surface area contributed by atoms with Gasteiger partial charge in [-0.05, 0) is 25.0 Å². The van der Waals surface area contributed by atoms with Gasteiger partial charge in [-0.2, -0.15) is 0 Å². The van der Waals surface area contributed by atoms with Crippen LogP contribution in [-0.4, -0.2) is 22.1 Å². The maximum Gasteiger partial charge on any atom is 0.265 e. The summed E-state index contributed by atoms with van der Waals surface area (Å²) in [4.78, 5) is 0. The lowest BCUT2D eigenvalue weighted by Crippen LogP contribution is -2.20. The van der Waals surface area contributed by atoms with Crippen LogP contribution in [0.5, 0.6) is 0 Å². The molecule has 7 heteroatoms. The highest BCUT2D eigenvalue weighted by atomic mass is 35.6. The number of alkyl halides is 3. The minimum Gasteiger partial charge on any atom is -0.473 e. The smallest absolute Gasteiger partial charge is 0.265 e. The van der Waals surface area contributed by atoms with Crippen molar-refractivity contribution < 1.29 is 14.2 Å². The van der Waals surface area contributed by atoms with Crippen molar-refractivity contribution in [2.24, 2.45) is 0 Å². The Hall–Kier alpha value is -0.520. The van der Waals surface area contributed by atoms with Crippen LogP contribution >= 0.6 is 34.8 Å². The van der Waals surface area contributed by atoms with Crippen molar-refractivity contribution in [3.05, 3.63) is 35.4 Å². The topological polar surface area (TPSA) is 51.5 Å². The van der Waals surface area contributed by atoms with Gasteiger partial charge in [0.15, 0.2) is 5.79 Å². The molecule has 0 aromatic heterocycles. The lowest BCUT2D eigenvalue weighted by atomic mass is 10.1. The summed E-state index contributed by atoms with van der Waals surface area (Å²) in [5.41, 5.74) is 1.90. The van der Waals surface area contributed by atoms with Crippen LogP contribution in [0.15, 0.2) is 24.3 Å². The van der Waals surface area contributed by atoms with Gasteiger partial charge in [0.05, 0.1) is 6.61 Å². The second kappa shape index (κ2) is 6.31. The molecular formula is C14H16Cl3NO3. The normalized spacial score (nSPS) is 21.3. The number of hydrogen-bond acceptors (Lipinski definition) is 4. The van der Waals surface area contributed by atoms with E-state index in [2.05, 4.69) is 0 Å². The van der Waals surface area contributed by atoms with E-state index in [9.17, 15) is 0 Å². The summed E-state index contributed by atoms with van der Waals surface area (Å²) >= 11 is 16.6. The van der Waals surface area contributed by atoms with Gasteiger partial charge in [0.1, 0.15) is 12.7 Å².